The van der Waals surface area contributed by atoms with E-state index < -0.39 is 10.2 Å². The number of nitrogens with zero attached hydrogens (tertiary/aromatic N) is 6. The molecule has 2 aromatic heterocycles. The van der Waals surface area contributed by atoms with Crippen LogP contribution in [0.3, 0.4) is 0 Å². The highest BCUT2D eigenvalue weighted by molar-refractivity contribution is 7.94. The van der Waals surface area contributed by atoms with Gasteiger partial charge in [0.15, 0.2) is 0 Å². The minimum atomic E-state index is -3.95. The van der Waals surface area contributed by atoms with Gasteiger partial charge in [0.2, 0.25) is 0 Å². The fourth-order valence-corrected chi connectivity index (χ4v) is 6.27. The van der Waals surface area contributed by atoms with E-state index in [-0.39, 0.29) is 30.7 Å². The van der Waals surface area contributed by atoms with Gasteiger partial charge in [-0.3, -0.25) is 9.10 Å². The Morgan fingerprint density at radius 3 is 2.44 bits per heavy atom. The Morgan fingerprint density at radius 2 is 1.74 bits per heavy atom. The zero-order valence-electron chi connectivity index (χ0n) is 21.8. The van der Waals surface area contributed by atoms with Crippen molar-refractivity contribution in [2.24, 2.45) is 7.05 Å². The Morgan fingerprint density at radius 1 is 1.03 bits per heavy atom. The average Bonchev–Trinajstić information content (AvgIpc) is 3.42. The maximum Gasteiger partial charge on any atom is 0.353 e. The number of aromatic nitrogens is 4. The predicted octanol–water partition coefficient (Wildman–Crippen LogP) is 1.88. The second-order valence-corrected chi connectivity index (χ2v) is 10.6. The smallest absolute Gasteiger partial charge is 0.353 e. The minimum absolute atomic E-state index is 0.169. The lowest BCUT2D eigenvalue weighted by atomic mass is 10.0. The molecule has 202 valence electrons. The Hall–Kier alpha value is -4.65. The highest BCUT2D eigenvalue weighted by atomic mass is 32.2. The lowest BCUT2D eigenvalue weighted by Gasteiger charge is -2.23. The molecule has 1 amide bonds. The number of aryl methyl sites for hydroxylation is 1. The van der Waals surface area contributed by atoms with E-state index in [4.69, 9.17) is 4.74 Å². The fraction of sp³-hybridized carbons (Fsp3) is 0.231. The number of pyridine rings is 1. The van der Waals surface area contributed by atoms with Gasteiger partial charge in [-0.1, -0.05) is 18.2 Å². The van der Waals surface area contributed by atoms with Gasteiger partial charge < -0.3 is 10.1 Å². The van der Waals surface area contributed by atoms with Crippen molar-refractivity contribution in [2.45, 2.75) is 6.92 Å². The molecule has 0 spiro atoms. The molecule has 12 nitrogen and oxygen atoms in total. The zero-order valence-corrected chi connectivity index (χ0v) is 22.6. The van der Waals surface area contributed by atoms with E-state index in [1.807, 2.05) is 25.1 Å². The third kappa shape index (κ3) is 4.40. The summed E-state index contributed by atoms with van der Waals surface area (Å²) in [5.41, 5.74) is 3.32. The van der Waals surface area contributed by atoms with Crippen molar-refractivity contribution in [3.63, 3.8) is 0 Å². The third-order valence-electron chi connectivity index (χ3n) is 6.61. The standard InChI is InChI=1S/C26H27N7O5S/c1-17-22(18-8-10-20(11-9-18)33-25(38-4)29-30(3)26(33)35)12-13-28-23(17)32-15-14-31(39(32,36)37)21-7-5-6-19(16-21)24(34)27-2/h5-13,16H,14-15H2,1-4H3,(H,27,34). The summed E-state index contributed by atoms with van der Waals surface area (Å²) in [5.74, 6) is 0.0278. The van der Waals surface area contributed by atoms with Crippen molar-refractivity contribution in [1.29, 1.82) is 0 Å². The topological polar surface area (TPSA) is 132 Å². The Balaban J connectivity index is 1.47. The molecule has 39 heavy (non-hydrogen) atoms. The molecule has 4 aromatic rings. The summed E-state index contributed by atoms with van der Waals surface area (Å²) in [6.07, 6.45) is 1.57. The number of carbonyl (C=O) groups is 1. The lowest BCUT2D eigenvalue weighted by molar-refractivity contribution is 0.0963. The quantitative estimate of drug-likeness (QED) is 0.388. The summed E-state index contributed by atoms with van der Waals surface area (Å²) in [7, 11) is 0.566. The molecule has 1 fully saturated rings. The predicted molar refractivity (Wildman–Crippen MR) is 147 cm³/mol. The van der Waals surface area contributed by atoms with Gasteiger partial charge in [0.05, 0.1) is 31.6 Å². The molecule has 13 heteroatoms. The number of methoxy groups -OCH3 is 1. The van der Waals surface area contributed by atoms with E-state index in [9.17, 15) is 18.0 Å². The molecule has 2 aromatic carbocycles. The highest BCUT2D eigenvalue weighted by Crippen LogP contribution is 2.35. The van der Waals surface area contributed by atoms with Gasteiger partial charge in [-0.25, -0.2) is 23.3 Å². The Labute approximate surface area is 225 Å². The van der Waals surface area contributed by atoms with Crippen LogP contribution in [0.1, 0.15) is 15.9 Å². The van der Waals surface area contributed by atoms with Crippen LogP contribution in [0.25, 0.3) is 16.8 Å². The molecule has 0 unspecified atom stereocenters. The van der Waals surface area contributed by atoms with Crippen molar-refractivity contribution in [1.82, 2.24) is 24.6 Å². The van der Waals surface area contributed by atoms with E-state index in [2.05, 4.69) is 15.4 Å². The second-order valence-electron chi connectivity index (χ2n) is 8.86. The van der Waals surface area contributed by atoms with Gasteiger partial charge in [-0.05, 0) is 54.4 Å². The van der Waals surface area contributed by atoms with Crippen LogP contribution in [0.5, 0.6) is 6.01 Å². The first kappa shape index (κ1) is 26.0. The van der Waals surface area contributed by atoms with Gasteiger partial charge in [-0.15, -0.1) is 5.10 Å². The van der Waals surface area contributed by atoms with Gasteiger partial charge in [0.1, 0.15) is 5.82 Å². The van der Waals surface area contributed by atoms with E-state index in [1.165, 1.54) is 32.0 Å². The summed E-state index contributed by atoms with van der Waals surface area (Å²) in [5, 5.41) is 6.62. The molecular formula is C26H27N7O5S. The SMILES string of the molecule is CNC(=O)c1cccc(N2CCN(c3nccc(-c4ccc(-n5c(OC)nn(C)c5=O)cc4)c3C)S2(=O)=O)c1. The first-order valence-electron chi connectivity index (χ1n) is 12.1. The molecular weight excluding hydrogens is 522 g/mol. The minimum Gasteiger partial charge on any atom is -0.467 e. The molecule has 1 aliphatic rings. The molecule has 0 radical (unpaired) electrons. The van der Waals surface area contributed by atoms with Crippen molar-refractivity contribution in [2.75, 3.05) is 35.9 Å². The number of nitrogens with one attached hydrogen (secondary N) is 1. The summed E-state index contributed by atoms with van der Waals surface area (Å²) >= 11 is 0. The Bertz CT molecular complexity index is 1730. The van der Waals surface area contributed by atoms with Crippen molar-refractivity contribution in [3.8, 4) is 22.8 Å². The molecule has 0 bridgehead atoms. The van der Waals surface area contributed by atoms with Crippen molar-refractivity contribution in [3.05, 3.63) is 82.4 Å². The number of anilines is 2. The maximum absolute atomic E-state index is 13.6. The summed E-state index contributed by atoms with van der Waals surface area (Å²) in [6, 6.07) is 15.7. The molecule has 1 N–H and O–H groups in total. The first-order chi connectivity index (χ1) is 18.7. The summed E-state index contributed by atoms with van der Waals surface area (Å²) in [4.78, 5) is 29.0. The van der Waals surface area contributed by atoms with Gasteiger partial charge in [0, 0.05) is 31.4 Å². The average molecular weight is 550 g/mol. The normalized spacial score (nSPS) is 14.5. The molecule has 0 saturated carbocycles. The second kappa shape index (κ2) is 9.91. The maximum atomic E-state index is 13.6. The monoisotopic (exact) mass is 549 g/mol. The van der Waals surface area contributed by atoms with Crippen LogP contribution in [0, 0.1) is 6.92 Å². The van der Waals surface area contributed by atoms with Crippen LogP contribution in [0.4, 0.5) is 11.5 Å². The molecule has 5 rings (SSSR count). The Kier molecular flexibility index (Phi) is 6.60. The van der Waals surface area contributed by atoms with E-state index >= 15 is 0 Å². The van der Waals surface area contributed by atoms with Crippen LogP contribution in [-0.2, 0) is 17.3 Å². The summed E-state index contributed by atoms with van der Waals surface area (Å²) in [6.45, 7) is 2.23. The van der Waals surface area contributed by atoms with Gasteiger partial charge >= 0.3 is 21.9 Å². The molecule has 0 atom stereocenters. The van der Waals surface area contributed by atoms with Crippen molar-refractivity contribution >= 4 is 27.6 Å². The van der Waals surface area contributed by atoms with Crippen LogP contribution < -0.4 is 24.4 Å². The number of ether oxygens (including phenoxy) is 1. The number of benzene rings is 2. The third-order valence-corrected chi connectivity index (χ3v) is 8.48. The molecule has 3 heterocycles. The summed E-state index contributed by atoms with van der Waals surface area (Å²) < 4.78 is 37.5. The largest absolute Gasteiger partial charge is 0.467 e. The first-order valence-corrected chi connectivity index (χ1v) is 13.5. The van der Waals surface area contributed by atoms with Gasteiger partial charge in [-0.2, -0.15) is 8.42 Å². The number of rotatable bonds is 6. The van der Waals surface area contributed by atoms with E-state index in [1.54, 1.807) is 49.6 Å². The van der Waals surface area contributed by atoms with E-state index in [0.717, 1.165) is 11.1 Å². The van der Waals surface area contributed by atoms with Crippen LogP contribution in [-0.4, -0.2) is 60.9 Å². The van der Waals surface area contributed by atoms with Crippen LogP contribution in [0.15, 0.2) is 65.6 Å². The fourth-order valence-electron chi connectivity index (χ4n) is 4.63. The van der Waals surface area contributed by atoms with Crippen LogP contribution in [0.2, 0.25) is 0 Å². The zero-order chi connectivity index (χ0) is 27.9. The number of hydrogen-bond acceptors (Lipinski definition) is 7. The van der Waals surface area contributed by atoms with E-state index in [0.29, 0.717) is 28.3 Å². The molecule has 1 saturated heterocycles. The number of amides is 1. The highest BCUT2D eigenvalue weighted by Gasteiger charge is 2.39. The molecule has 1 aliphatic heterocycles. The van der Waals surface area contributed by atoms with Gasteiger partial charge in [0.25, 0.3) is 5.91 Å². The van der Waals surface area contributed by atoms with Crippen molar-refractivity contribution < 1.29 is 17.9 Å². The lowest BCUT2D eigenvalue weighted by Crippen LogP contribution is -2.34. The number of carbonyl (C=O) groups excluding carboxylic acids is 1. The number of hydrogen-bond donors (Lipinski definition) is 1. The van der Waals surface area contributed by atoms with Crippen LogP contribution >= 0.6 is 0 Å². The molecule has 0 aliphatic carbocycles.